The lowest BCUT2D eigenvalue weighted by Gasteiger charge is -2.16. The molecule has 0 bridgehead atoms. The summed E-state index contributed by atoms with van der Waals surface area (Å²) in [5.41, 5.74) is 1.87. The highest BCUT2D eigenvalue weighted by Gasteiger charge is 2.20. The van der Waals surface area contributed by atoms with Gasteiger partial charge in [0.25, 0.3) is 5.91 Å². The van der Waals surface area contributed by atoms with E-state index in [9.17, 15) is 9.59 Å². The van der Waals surface area contributed by atoms with E-state index in [1.54, 1.807) is 29.1 Å². The molecule has 0 unspecified atom stereocenters. The minimum atomic E-state index is -0.968. The van der Waals surface area contributed by atoms with E-state index in [-0.39, 0.29) is 12.6 Å². The van der Waals surface area contributed by atoms with Crippen LogP contribution in [-0.2, 0) is 14.3 Å². The van der Waals surface area contributed by atoms with Gasteiger partial charge in [0.05, 0.1) is 6.20 Å². The molecule has 8 nitrogen and oxygen atoms in total. The van der Waals surface area contributed by atoms with Crippen molar-refractivity contribution in [3.63, 3.8) is 0 Å². The fourth-order valence-corrected chi connectivity index (χ4v) is 2.80. The highest BCUT2D eigenvalue weighted by molar-refractivity contribution is 5.94. The van der Waals surface area contributed by atoms with Gasteiger partial charge in [-0.2, -0.15) is 5.10 Å². The number of rotatable bonds is 9. The lowest BCUT2D eigenvalue weighted by Crippen LogP contribution is -2.32. The van der Waals surface area contributed by atoms with Crippen molar-refractivity contribution in [2.45, 2.75) is 32.9 Å². The second-order valence-electron chi connectivity index (χ2n) is 7.18. The predicted molar refractivity (Wildman–Crippen MR) is 118 cm³/mol. The van der Waals surface area contributed by atoms with Gasteiger partial charge >= 0.3 is 5.97 Å². The number of amides is 1. The average molecular weight is 422 g/mol. The lowest BCUT2D eigenvalue weighted by molar-refractivity contribution is -0.155. The van der Waals surface area contributed by atoms with Crippen LogP contribution in [-0.4, -0.2) is 34.4 Å². The molecule has 0 saturated heterocycles. The summed E-state index contributed by atoms with van der Waals surface area (Å²) in [6.45, 7) is 5.11. The average Bonchev–Trinajstić information content (AvgIpc) is 3.22. The third kappa shape index (κ3) is 6.33. The summed E-state index contributed by atoms with van der Waals surface area (Å²) in [5.74, 6) is -0.00422. The standard InChI is InChI=1S/C23H26N4O4/c1-16(2)27-21(13-14-24-27)26-23(29)17(3)31-22(28)15-30-20-11-9-19(10-12-20)25-18-7-5-4-6-8-18/h4-14,16-17,25H,15H2,1-3H3,(H,26,29)/t17-/m1/s1. The van der Waals surface area contributed by atoms with Crippen molar-refractivity contribution in [2.24, 2.45) is 0 Å². The number of esters is 1. The van der Waals surface area contributed by atoms with Crippen molar-refractivity contribution in [3.8, 4) is 5.75 Å². The normalized spacial score (nSPS) is 11.6. The van der Waals surface area contributed by atoms with Crippen LogP contribution in [0, 0.1) is 0 Å². The largest absolute Gasteiger partial charge is 0.482 e. The summed E-state index contributed by atoms with van der Waals surface area (Å²) in [6.07, 6.45) is 0.630. The Bertz CT molecular complexity index is 1000. The fourth-order valence-electron chi connectivity index (χ4n) is 2.80. The van der Waals surface area contributed by atoms with Crippen molar-refractivity contribution in [2.75, 3.05) is 17.2 Å². The molecule has 8 heteroatoms. The molecule has 0 radical (unpaired) electrons. The Morgan fingerprint density at radius 2 is 1.65 bits per heavy atom. The van der Waals surface area contributed by atoms with E-state index in [0.717, 1.165) is 11.4 Å². The van der Waals surface area contributed by atoms with Gasteiger partial charge in [-0.3, -0.25) is 4.79 Å². The minimum absolute atomic E-state index is 0.0887. The van der Waals surface area contributed by atoms with Gasteiger partial charge in [0.15, 0.2) is 12.7 Å². The van der Waals surface area contributed by atoms with Gasteiger partial charge in [0.2, 0.25) is 0 Å². The van der Waals surface area contributed by atoms with Gasteiger partial charge in [0, 0.05) is 23.5 Å². The Hall–Kier alpha value is -3.81. The molecule has 1 heterocycles. The van der Waals surface area contributed by atoms with Crippen LogP contribution >= 0.6 is 0 Å². The Morgan fingerprint density at radius 3 is 2.32 bits per heavy atom. The summed E-state index contributed by atoms with van der Waals surface area (Å²) >= 11 is 0. The molecule has 0 fully saturated rings. The number of hydrogen-bond acceptors (Lipinski definition) is 6. The zero-order valence-electron chi connectivity index (χ0n) is 17.7. The summed E-state index contributed by atoms with van der Waals surface area (Å²) in [4.78, 5) is 24.4. The van der Waals surface area contributed by atoms with Crippen LogP contribution in [0.25, 0.3) is 0 Å². The Balaban J connectivity index is 1.45. The molecule has 162 valence electrons. The Kier molecular flexibility index (Phi) is 7.26. The number of carbonyl (C=O) groups is 2. The van der Waals surface area contributed by atoms with E-state index >= 15 is 0 Å². The van der Waals surface area contributed by atoms with Crippen LogP contribution in [0.3, 0.4) is 0 Å². The Morgan fingerprint density at radius 1 is 0.968 bits per heavy atom. The topological polar surface area (TPSA) is 94.5 Å². The van der Waals surface area contributed by atoms with Gasteiger partial charge in [0.1, 0.15) is 11.6 Å². The maximum atomic E-state index is 12.3. The molecule has 31 heavy (non-hydrogen) atoms. The number of carbonyl (C=O) groups excluding carboxylic acids is 2. The molecule has 1 aromatic heterocycles. The number of hydrogen-bond donors (Lipinski definition) is 2. The summed E-state index contributed by atoms with van der Waals surface area (Å²) < 4.78 is 12.3. The minimum Gasteiger partial charge on any atom is -0.482 e. The number of benzene rings is 2. The molecule has 0 aliphatic heterocycles. The molecule has 3 aromatic rings. The first kappa shape index (κ1) is 21.9. The van der Waals surface area contributed by atoms with Gasteiger partial charge in [-0.1, -0.05) is 18.2 Å². The summed E-state index contributed by atoms with van der Waals surface area (Å²) in [7, 11) is 0. The number of nitrogens with zero attached hydrogens (tertiary/aromatic N) is 2. The number of anilines is 3. The molecule has 2 aromatic carbocycles. The van der Waals surface area contributed by atoms with E-state index in [1.807, 2.05) is 56.3 Å². The SMILES string of the molecule is CC(C)n1nccc1NC(=O)[C@@H](C)OC(=O)COc1ccc(Nc2ccccc2)cc1. The van der Waals surface area contributed by atoms with E-state index < -0.39 is 18.0 Å². The lowest BCUT2D eigenvalue weighted by atomic mass is 10.2. The summed E-state index contributed by atoms with van der Waals surface area (Å²) in [5, 5.41) is 10.1. The van der Waals surface area contributed by atoms with Crippen molar-refractivity contribution in [1.82, 2.24) is 9.78 Å². The molecule has 0 saturated carbocycles. The van der Waals surface area contributed by atoms with Crippen molar-refractivity contribution >= 4 is 29.1 Å². The second kappa shape index (κ2) is 10.3. The first-order valence-corrected chi connectivity index (χ1v) is 10.0. The van der Waals surface area contributed by atoms with Crippen molar-refractivity contribution in [1.29, 1.82) is 0 Å². The van der Waals surface area contributed by atoms with Crippen LogP contribution in [0.5, 0.6) is 5.75 Å². The molecular formula is C23H26N4O4. The maximum absolute atomic E-state index is 12.3. The van der Waals surface area contributed by atoms with Gasteiger partial charge in [-0.05, 0) is 57.2 Å². The van der Waals surface area contributed by atoms with Crippen LogP contribution in [0.1, 0.15) is 26.8 Å². The molecular weight excluding hydrogens is 396 g/mol. The van der Waals surface area contributed by atoms with Gasteiger partial charge in [-0.15, -0.1) is 0 Å². The predicted octanol–water partition coefficient (Wildman–Crippen LogP) is 4.16. The summed E-state index contributed by atoms with van der Waals surface area (Å²) in [6, 6.07) is 18.8. The van der Waals surface area contributed by atoms with E-state index in [0.29, 0.717) is 11.6 Å². The molecule has 1 amide bonds. The first-order valence-electron chi connectivity index (χ1n) is 10.0. The fraction of sp³-hybridized carbons (Fsp3) is 0.261. The van der Waals surface area contributed by atoms with Crippen LogP contribution < -0.4 is 15.4 Å². The zero-order valence-corrected chi connectivity index (χ0v) is 17.7. The number of para-hydroxylation sites is 1. The van der Waals surface area contributed by atoms with Crippen LogP contribution in [0.4, 0.5) is 17.2 Å². The third-order valence-electron chi connectivity index (χ3n) is 4.36. The van der Waals surface area contributed by atoms with Crippen molar-refractivity contribution < 1.29 is 19.1 Å². The van der Waals surface area contributed by atoms with Crippen molar-refractivity contribution in [3.05, 3.63) is 66.9 Å². The number of aromatic nitrogens is 2. The molecule has 3 rings (SSSR count). The smallest absolute Gasteiger partial charge is 0.344 e. The molecule has 0 aliphatic carbocycles. The first-order chi connectivity index (χ1) is 14.9. The molecule has 2 N–H and O–H groups in total. The highest BCUT2D eigenvalue weighted by atomic mass is 16.6. The van der Waals surface area contributed by atoms with E-state index in [1.165, 1.54) is 6.92 Å². The highest BCUT2D eigenvalue weighted by Crippen LogP contribution is 2.20. The van der Waals surface area contributed by atoms with Gasteiger partial charge < -0.3 is 20.1 Å². The molecule has 0 aliphatic rings. The van der Waals surface area contributed by atoms with E-state index in [2.05, 4.69) is 15.7 Å². The maximum Gasteiger partial charge on any atom is 0.344 e. The quantitative estimate of drug-likeness (QED) is 0.503. The second-order valence-corrected chi connectivity index (χ2v) is 7.18. The number of nitrogens with one attached hydrogen (secondary N) is 2. The Labute approximate surface area is 181 Å². The van der Waals surface area contributed by atoms with Crippen LogP contribution in [0.2, 0.25) is 0 Å². The number of ether oxygens (including phenoxy) is 2. The van der Waals surface area contributed by atoms with Gasteiger partial charge in [-0.25, -0.2) is 9.48 Å². The molecule has 0 spiro atoms. The van der Waals surface area contributed by atoms with E-state index in [4.69, 9.17) is 9.47 Å². The third-order valence-corrected chi connectivity index (χ3v) is 4.36. The zero-order chi connectivity index (χ0) is 22.2. The molecule has 1 atom stereocenters. The van der Waals surface area contributed by atoms with Crippen LogP contribution in [0.15, 0.2) is 66.9 Å². The monoisotopic (exact) mass is 422 g/mol.